The molecular formula is C21H19NO7S2. The SMILES string of the molecule is CCOC(=O)c1ccccc1-c1cc(NS(=O)(=O)c2ccccc2C)c(OC(=O)O)s1. The number of carbonyl (C=O) groups excluding carboxylic acids is 1. The van der Waals surface area contributed by atoms with Crippen molar-refractivity contribution in [2.75, 3.05) is 11.3 Å². The van der Waals surface area contributed by atoms with Crippen LogP contribution >= 0.6 is 11.3 Å². The zero-order chi connectivity index (χ0) is 22.6. The number of rotatable bonds is 7. The molecule has 0 unspecified atom stereocenters. The Morgan fingerprint density at radius 3 is 2.45 bits per heavy atom. The van der Waals surface area contributed by atoms with Crippen LogP contribution in [0.4, 0.5) is 10.5 Å². The molecule has 0 bridgehead atoms. The van der Waals surface area contributed by atoms with E-state index < -0.39 is 22.1 Å². The summed E-state index contributed by atoms with van der Waals surface area (Å²) < 4.78 is 38.0. The standard InChI is InChI=1S/C21H19NO7S2/c1-3-28-19(23)15-10-6-5-9-14(15)17-12-16(20(30-17)29-21(24)25)22-31(26,27)18-11-7-4-8-13(18)2/h4-12,22H,3H2,1-2H3,(H,24,25). The Morgan fingerprint density at radius 1 is 1.10 bits per heavy atom. The largest absolute Gasteiger partial charge is 0.512 e. The van der Waals surface area contributed by atoms with E-state index in [9.17, 15) is 18.0 Å². The molecule has 8 nitrogen and oxygen atoms in total. The third-order valence-electron chi connectivity index (χ3n) is 4.19. The second-order valence-corrected chi connectivity index (χ2v) is 8.98. The molecule has 0 amide bonds. The van der Waals surface area contributed by atoms with Gasteiger partial charge in [-0.2, -0.15) is 0 Å². The fraction of sp³-hybridized carbons (Fsp3) is 0.143. The number of ether oxygens (including phenoxy) is 2. The van der Waals surface area contributed by atoms with Crippen molar-refractivity contribution in [3.05, 3.63) is 65.7 Å². The van der Waals surface area contributed by atoms with E-state index in [1.165, 1.54) is 12.1 Å². The Kier molecular flexibility index (Phi) is 6.62. The van der Waals surface area contributed by atoms with Gasteiger partial charge in [-0.25, -0.2) is 18.0 Å². The first kappa shape index (κ1) is 22.3. The van der Waals surface area contributed by atoms with Crippen LogP contribution in [0.25, 0.3) is 10.4 Å². The first-order chi connectivity index (χ1) is 14.7. The van der Waals surface area contributed by atoms with Crippen LogP contribution in [0.1, 0.15) is 22.8 Å². The molecule has 0 aliphatic heterocycles. The van der Waals surface area contributed by atoms with E-state index in [2.05, 4.69) is 4.72 Å². The van der Waals surface area contributed by atoms with Gasteiger partial charge in [-0.1, -0.05) is 47.7 Å². The van der Waals surface area contributed by atoms with E-state index in [-0.39, 0.29) is 27.8 Å². The van der Waals surface area contributed by atoms with Crippen molar-refractivity contribution < 1.29 is 32.6 Å². The van der Waals surface area contributed by atoms with Gasteiger partial charge in [0.1, 0.15) is 5.69 Å². The van der Waals surface area contributed by atoms with Crippen molar-refractivity contribution in [2.24, 2.45) is 0 Å². The number of aryl methyl sites for hydroxylation is 1. The van der Waals surface area contributed by atoms with Crippen molar-refractivity contribution in [3.8, 4) is 15.5 Å². The Morgan fingerprint density at radius 2 is 1.77 bits per heavy atom. The van der Waals surface area contributed by atoms with E-state index in [0.29, 0.717) is 16.0 Å². The maximum Gasteiger partial charge on any atom is 0.512 e. The minimum absolute atomic E-state index is 0.0516. The summed E-state index contributed by atoms with van der Waals surface area (Å²) in [6.45, 7) is 3.52. The molecule has 1 heterocycles. The first-order valence-corrected chi connectivity index (χ1v) is 11.4. The highest BCUT2D eigenvalue weighted by molar-refractivity contribution is 7.92. The Labute approximate surface area is 183 Å². The zero-order valence-corrected chi connectivity index (χ0v) is 18.2. The molecule has 0 saturated heterocycles. The van der Waals surface area contributed by atoms with Crippen LogP contribution in [-0.2, 0) is 14.8 Å². The van der Waals surface area contributed by atoms with Gasteiger partial charge in [0.15, 0.2) is 0 Å². The van der Waals surface area contributed by atoms with Crippen LogP contribution in [0.15, 0.2) is 59.5 Å². The molecule has 0 saturated carbocycles. The molecule has 162 valence electrons. The highest BCUT2D eigenvalue weighted by Gasteiger charge is 2.24. The summed E-state index contributed by atoms with van der Waals surface area (Å²) in [6, 6.07) is 14.4. The molecule has 0 atom stereocenters. The molecule has 3 aromatic rings. The minimum atomic E-state index is -4.01. The van der Waals surface area contributed by atoms with Gasteiger partial charge in [-0.3, -0.25) is 4.72 Å². The van der Waals surface area contributed by atoms with Crippen LogP contribution in [0.3, 0.4) is 0 Å². The smallest absolute Gasteiger partial charge is 0.462 e. The Balaban J connectivity index is 2.07. The molecule has 1 aromatic heterocycles. The number of nitrogens with one attached hydrogen (secondary N) is 1. The molecular weight excluding hydrogens is 442 g/mol. The molecule has 0 radical (unpaired) electrons. The summed E-state index contributed by atoms with van der Waals surface area (Å²) in [5.74, 6) is -0.547. The minimum Gasteiger partial charge on any atom is -0.462 e. The van der Waals surface area contributed by atoms with Gasteiger partial charge in [-0.15, -0.1) is 0 Å². The normalized spacial score (nSPS) is 11.0. The topological polar surface area (TPSA) is 119 Å². The highest BCUT2D eigenvalue weighted by atomic mass is 32.2. The Bertz CT molecular complexity index is 1230. The fourth-order valence-electron chi connectivity index (χ4n) is 2.88. The number of hydrogen-bond donors (Lipinski definition) is 2. The molecule has 0 aliphatic carbocycles. The number of carboxylic acid groups (broad SMARTS) is 1. The monoisotopic (exact) mass is 461 g/mol. The number of carbonyl (C=O) groups is 2. The maximum absolute atomic E-state index is 12.9. The summed E-state index contributed by atoms with van der Waals surface area (Å²) in [7, 11) is -4.01. The predicted octanol–water partition coefficient (Wildman–Crippen LogP) is 4.76. The molecule has 2 aromatic carbocycles. The number of esters is 1. The van der Waals surface area contributed by atoms with E-state index in [1.54, 1.807) is 56.3 Å². The number of hydrogen-bond acceptors (Lipinski definition) is 7. The van der Waals surface area contributed by atoms with Gasteiger partial charge in [0.25, 0.3) is 10.0 Å². The predicted molar refractivity (Wildman–Crippen MR) is 116 cm³/mol. The molecule has 10 heteroatoms. The van der Waals surface area contributed by atoms with E-state index in [0.717, 1.165) is 11.3 Å². The lowest BCUT2D eigenvalue weighted by Crippen LogP contribution is -2.15. The third-order valence-corrected chi connectivity index (χ3v) is 6.77. The summed E-state index contributed by atoms with van der Waals surface area (Å²) in [5.41, 5.74) is 1.20. The summed E-state index contributed by atoms with van der Waals surface area (Å²) in [6.07, 6.45) is -1.59. The van der Waals surface area contributed by atoms with Gasteiger partial charge < -0.3 is 14.6 Å². The number of thiophene rings is 1. The fourth-order valence-corrected chi connectivity index (χ4v) is 5.24. The van der Waals surface area contributed by atoms with Crippen LogP contribution < -0.4 is 9.46 Å². The quantitative estimate of drug-likeness (QED) is 0.487. The molecule has 0 fully saturated rings. The van der Waals surface area contributed by atoms with Gasteiger partial charge in [0.05, 0.1) is 17.1 Å². The van der Waals surface area contributed by atoms with Gasteiger partial charge >= 0.3 is 12.1 Å². The first-order valence-electron chi connectivity index (χ1n) is 9.12. The lowest BCUT2D eigenvalue weighted by atomic mass is 10.1. The number of anilines is 1. The molecule has 31 heavy (non-hydrogen) atoms. The number of benzene rings is 2. The average Bonchev–Trinajstić information content (AvgIpc) is 3.09. The van der Waals surface area contributed by atoms with Gasteiger partial charge in [-0.05, 0) is 37.6 Å². The van der Waals surface area contributed by atoms with Crippen molar-refractivity contribution >= 4 is 39.2 Å². The lowest BCUT2D eigenvalue weighted by Gasteiger charge is -2.10. The molecule has 3 rings (SSSR count). The van der Waals surface area contributed by atoms with Gasteiger partial charge in [0.2, 0.25) is 5.06 Å². The van der Waals surface area contributed by atoms with Crippen molar-refractivity contribution in [1.29, 1.82) is 0 Å². The highest BCUT2D eigenvalue weighted by Crippen LogP contribution is 2.43. The summed E-state index contributed by atoms with van der Waals surface area (Å²) >= 11 is 0.893. The van der Waals surface area contributed by atoms with Crippen molar-refractivity contribution in [1.82, 2.24) is 0 Å². The third kappa shape index (κ3) is 5.04. The van der Waals surface area contributed by atoms with Crippen molar-refractivity contribution in [3.63, 3.8) is 0 Å². The summed E-state index contributed by atoms with van der Waals surface area (Å²) in [4.78, 5) is 23.9. The molecule has 2 N–H and O–H groups in total. The molecule has 0 spiro atoms. The lowest BCUT2D eigenvalue weighted by molar-refractivity contribution is 0.0527. The second-order valence-electron chi connectivity index (χ2n) is 6.32. The average molecular weight is 462 g/mol. The molecule has 0 aliphatic rings. The zero-order valence-electron chi connectivity index (χ0n) is 16.6. The van der Waals surface area contributed by atoms with Crippen LogP contribution in [0.2, 0.25) is 0 Å². The summed E-state index contributed by atoms with van der Waals surface area (Å²) in [5, 5.41) is 8.91. The van der Waals surface area contributed by atoms with Crippen LogP contribution in [0.5, 0.6) is 5.06 Å². The van der Waals surface area contributed by atoms with Crippen molar-refractivity contribution in [2.45, 2.75) is 18.7 Å². The second kappa shape index (κ2) is 9.19. The number of sulfonamides is 1. The maximum atomic E-state index is 12.9. The van der Waals surface area contributed by atoms with E-state index in [1.807, 2.05) is 0 Å². The van der Waals surface area contributed by atoms with Crippen LogP contribution in [-0.4, -0.2) is 32.3 Å². The van der Waals surface area contributed by atoms with Gasteiger partial charge in [0, 0.05) is 10.4 Å². The van der Waals surface area contributed by atoms with E-state index >= 15 is 0 Å². The van der Waals surface area contributed by atoms with Crippen LogP contribution in [0, 0.1) is 6.92 Å². The Hall–Kier alpha value is -3.37. The van der Waals surface area contributed by atoms with E-state index in [4.69, 9.17) is 14.6 Å².